The Bertz CT molecular complexity index is 636. The van der Waals surface area contributed by atoms with Crippen molar-refractivity contribution >= 4 is 5.78 Å². The number of hydrogen-bond acceptors (Lipinski definition) is 1. The van der Waals surface area contributed by atoms with Crippen LogP contribution >= 0.6 is 0 Å². The summed E-state index contributed by atoms with van der Waals surface area (Å²) in [4.78, 5) is 13.1. The first-order valence-electron chi connectivity index (χ1n) is 7.32. The molecule has 0 heterocycles. The van der Waals surface area contributed by atoms with Crippen molar-refractivity contribution in [2.45, 2.75) is 38.5 Å². The molecule has 1 aliphatic rings. The Hall–Kier alpha value is -1.89. The Morgan fingerprint density at radius 2 is 1.65 bits per heavy atom. The van der Waals surface area contributed by atoms with Gasteiger partial charge in [0, 0.05) is 5.56 Å². The molecule has 0 bridgehead atoms. The summed E-state index contributed by atoms with van der Waals surface area (Å²) >= 11 is 0. The van der Waals surface area contributed by atoms with Crippen molar-refractivity contribution in [1.29, 1.82) is 0 Å². The fraction of sp³-hybridized carbons (Fsp3) is 0.316. The van der Waals surface area contributed by atoms with Gasteiger partial charge in [-0.2, -0.15) is 0 Å². The van der Waals surface area contributed by atoms with E-state index in [-0.39, 0.29) is 5.41 Å². The Labute approximate surface area is 120 Å². The van der Waals surface area contributed by atoms with Crippen LogP contribution in [-0.2, 0) is 5.41 Å². The molecule has 0 spiro atoms. The van der Waals surface area contributed by atoms with Crippen molar-refractivity contribution in [2.24, 2.45) is 0 Å². The Balaban J connectivity index is 2.06. The van der Waals surface area contributed by atoms with Crippen LogP contribution in [0.5, 0.6) is 0 Å². The van der Waals surface area contributed by atoms with E-state index in [1.54, 1.807) is 0 Å². The molecule has 1 nitrogen and oxygen atoms in total. The number of Topliss-reactive ketones (excluding diaryl/α,β-unsaturated/α-hetero) is 1. The van der Waals surface area contributed by atoms with Gasteiger partial charge in [0.05, 0.1) is 5.41 Å². The standard InChI is InChI=1S/C19H20O/c1-14-8-6-11-17(15(14)2)18(20)19(12-7-13-19)16-9-4-3-5-10-16/h3-6,8-11H,7,12-13H2,1-2H3. The van der Waals surface area contributed by atoms with Gasteiger partial charge in [0.15, 0.2) is 5.78 Å². The first-order chi connectivity index (χ1) is 9.65. The molecule has 1 fully saturated rings. The molecule has 0 saturated heterocycles. The molecular formula is C19H20O. The van der Waals surface area contributed by atoms with Gasteiger partial charge in [0.1, 0.15) is 0 Å². The minimum Gasteiger partial charge on any atom is -0.293 e. The molecule has 1 heteroatoms. The summed E-state index contributed by atoms with van der Waals surface area (Å²) in [6.45, 7) is 4.13. The van der Waals surface area contributed by atoms with E-state index in [9.17, 15) is 4.79 Å². The third kappa shape index (κ3) is 1.89. The highest BCUT2D eigenvalue weighted by Crippen LogP contribution is 2.46. The summed E-state index contributed by atoms with van der Waals surface area (Å²) in [5.74, 6) is 0.302. The summed E-state index contributed by atoms with van der Waals surface area (Å²) in [6.07, 6.45) is 3.10. The van der Waals surface area contributed by atoms with Crippen LogP contribution in [0.1, 0.15) is 46.3 Å². The largest absolute Gasteiger partial charge is 0.293 e. The molecule has 0 N–H and O–H groups in total. The molecule has 0 aromatic heterocycles. The topological polar surface area (TPSA) is 17.1 Å². The zero-order valence-electron chi connectivity index (χ0n) is 12.1. The lowest BCUT2D eigenvalue weighted by molar-refractivity contribution is 0.0788. The minimum absolute atomic E-state index is 0.278. The Kier molecular flexibility index (Phi) is 3.21. The highest BCUT2D eigenvalue weighted by atomic mass is 16.1. The second-order valence-corrected chi connectivity index (χ2v) is 5.88. The average molecular weight is 264 g/mol. The minimum atomic E-state index is -0.278. The van der Waals surface area contributed by atoms with Crippen LogP contribution in [0.15, 0.2) is 48.5 Å². The lowest BCUT2D eigenvalue weighted by Crippen LogP contribution is -2.42. The first kappa shape index (κ1) is 13.1. The van der Waals surface area contributed by atoms with E-state index in [0.717, 1.165) is 30.4 Å². The highest BCUT2D eigenvalue weighted by Gasteiger charge is 2.45. The fourth-order valence-electron chi connectivity index (χ4n) is 3.19. The van der Waals surface area contributed by atoms with Gasteiger partial charge in [-0.15, -0.1) is 0 Å². The summed E-state index contributed by atoms with van der Waals surface area (Å²) in [5, 5.41) is 0. The molecule has 1 aliphatic carbocycles. The number of carbonyl (C=O) groups is 1. The van der Waals surface area contributed by atoms with Crippen LogP contribution in [0.4, 0.5) is 0 Å². The highest BCUT2D eigenvalue weighted by molar-refractivity contribution is 6.06. The fourth-order valence-corrected chi connectivity index (χ4v) is 3.19. The zero-order chi connectivity index (χ0) is 14.2. The van der Waals surface area contributed by atoms with Gasteiger partial charge in [-0.25, -0.2) is 0 Å². The van der Waals surface area contributed by atoms with Crippen molar-refractivity contribution in [1.82, 2.24) is 0 Å². The van der Waals surface area contributed by atoms with Crippen LogP contribution in [-0.4, -0.2) is 5.78 Å². The number of hydrogen-bond donors (Lipinski definition) is 0. The van der Waals surface area contributed by atoms with Crippen LogP contribution in [0.2, 0.25) is 0 Å². The normalized spacial score (nSPS) is 16.5. The summed E-state index contributed by atoms with van der Waals surface area (Å²) in [7, 11) is 0. The third-order valence-corrected chi connectivity index (χ3v) is 4.82. The van der Waals surface area contributed by atoms with Gasteiger partial charge >= 0.3 is 0 Å². The monoisotopic (exact) mass is 264 g/mol. The van der Waals surface area contributed by atoms with Crippen LogP contribution in [0, 0.1) is 13.8 Å². The molecule has 2 aromatic carbocycles. The third-order valence-electron chi connectivity index (χ3n) is 4.82. The predicted octanol–water partition coefficient (Wildman–Crippen LogP) is 4.61. The van der Waals surface area contributed by atoms with E-state index >= 15 is 0 Å². The van der Waals surface area contributed by atoms with Crippen molar-refractivity contribution in [2.75, 3.05) is 0 Å². The maximum Gasteiger partial charge on any atom is 0.173 e. The Morgan fingerprint density at radius 3 is 2.25 bits per heavy atom. The van der Waals surface area contributed by atoms with Gasteiger partial charge in [-0.1, -0.05) is 55.0 Å². The van der Waals surface area contributed by atoms with Gasteiger partial charge in [0.25, 0.3) is 0 Å². The Morgan fingerprint density at radius 1 is 0.950 bits per heavy atom. The van der Waals surface area contributed by atoms with E-state index in [1.165, 1.54) is 11.1 Å². The smallest absolute Gasteiger partial charge is 0.173 e. The first-order valence-corrected chi connectivity index (χ1v) is 7.32. The molecule has 3 rings (SSSR count). The molecule has 0 atom stereocenters. The lowest BCUT2D eigenvalue weighted by Gasteiger charge is -2.41. The summed E-state index contributed by atoms with van der Waals surface area (Å²) < 4.78 is 0. The van der Waals surface area contributed by atoms with Crippen molar-refractivity contribution in [3.05, 3.63) is 70.8 Å². The van der Waals surface area contributed by atoms with E-state index in [0.29, 0.717) is 5.78 Å². The van der Waals surface area contributed by atoms with Crippen molar-refractivity contribution < 1.29 is 4.79 Å². The number of rotatable bonds is 3. The molecule has 0 unspecified atom stereocenters. The number of ketones is 1. The van der Waals surface area contributed by atoms with Crippen LogP contribution < -0.4 is 0 Å². The molecule has 1 saturated carbocycles. The van der Waals surface area contributed by atoms with Crippen LogP contribution in [0.25, 0.3) is 0 Å². The quantitative estimate of drug-likeness (QED) is 0.740. The van der Waals surface area contributed by atoms with E-state index in [1.807, 2.05) is 30.3 Å². The maximum absolute atomic E-state index is 13.1. The molecule has 0 amide bonds. The predicted molar refractivity (Wildman–Crippen MR) is 82.2 cm³/mol. The van der Waals surface area contributed by atoms with Gasteiger partial charge < -0.3 is 0 Å². The molecule has 102 valence electrons. The second kappa shape index (κ2) is 4.90. The molecule has 0 aliphatic heterocycles. The van der Waals surface area contributed by atoms with Gasteiger partial charge in [-0.3, -0.25) is 4.79 Å². The van der Waals surface area contributed by atoms with Gasteiger partial charge in [-0.05, 0) is 43.4 Å². The number of aryl methyl sites for hydroxylation is 1. The second-order valence-electron chi connectivity index (χ2n) is 5.88. The molecule has 2 aromatic rings. The van der Waals surface area contributed by atoms with E-state index in [2.05, 4.69) is 32.0 Å². The molecule has 0 radical (unpaired) electrons. The van der Waals surface area contributed by atoms with Crippen molar-refractivity contribution in [3.63, 3.8) is 0 Å². The zero-order valence-corrected chi connectivity index (χ0v) is 12.1. The van der Waals surface area contributed by atoms with Crippen molar-refractivity contribution in [3.8, 4) is 0 Å². The summed E-state index contributed by atoms with van der Waals surface area (Å²) in [6, 6.07) is 16.3. The SMILES string of the molecule is Cc1cccc(C(=O)C2(c3ccccc3)CCC2)c1C. The summed E-state index contributed by atoms with van der Waals surface area (Å²) in [5.41, 5.74) is 4.11. The molecular weight excluding hydrogens is 244 g/mol. The number of carbonyl (C=O) groups excluding carboxylic acids is 1. The average Bonchev–Trinajstić information content (AvgIpc) is 2.42. The lowest BCUT2D eigenvalue weighted by atomic mass is 9.60. The maximum atomic E-state index is 13.1. The van der Waals surface area contributed by atoms with Crippen LogP contribution in [0.3, 0.4) is 0 Å². The molecule has 20 heavy (non-hydrogen) atoms. The number of benzene rings is 2. The van der Waals surface area contributed by atoms with E-state index in [4.69, 9.17) is 0 Å². The van der Waals surface area contributed by atoms with E-state index < -0.39 is 0 Å². The van der Waals surface area contributed by atoms with Gasteiger partial charge in [0.2, 0.25) is 0 Å².